The second-order valence-corrected chi connectivity index (χ2v) is 7.79. The molecule has 0 aliphatic heterocycles. The molecule has 0 spiro atoms. The second-order valence-electron chi connectivity index (χ2n) is 7.79. The molecule has 0 unspecified atom stereocenters. The van der Waals surface area contributed by atoms with E-state index in [2.05, 4.69) is 15.5 Å². The number of aryl methyl sites for hydroxylation is 1. The van der Waals surface area contributed by atoms with E-state index in [1.807, 2.05) is 85.8 Å². The maximum atomic E-state index is 9.83. The van der Waals surface area contributed by atoms with Gasteiger partial charge in [0.1, 0.15) is 22.7 Å². The predicted octanol–water partition coefficient (Wildman–Crippen LogP) is 6.02. The van der Waals surface area contributed by atoms with E-state index in [-0.39, 0.29) is 5.84 Å². The molecule has 0 bridgehead atoms. The molecule has 0 radical (unpaired) electrons. The lowest BCUT2D eigenvalue weighted by atomic mass is 10.1. The van der Waals surface area contributed by atoms with E-state index in [0.29, 0.717) is 23.7 Å². The number of fused-ring (bicyclic) bond motifs is 3. The number of aliphatic imine (C=N–C) groups is 1. The van der Waals surface area contributed by atoms with Crippen LogP contribution in [0.15, 0.2) is 88.3 Å². The van der Waals surface area contributed by atoms with Crippen LogP contribution in [0, 0.1) is 6.92 Å². The lowest BCUT2D eigenvalue weighted by Crippen LogP contribution is -2.21. The minimum Gasteiger partial charge on any atom is -0.497 e. The summed E-state index contributed by atoms with van der Waals surface area (Å²) in [5.41, 5.74) is 6.09. The van der Waals surface area contributed by atoms with Crippen molar-refractivity contribution in [2.75, 3.05) is 7.11 Å². The van der Waals surface area contributed by atoms with Gasteiger partial charge in [-0.25, -0.2) is 4.98 Å². The molecule has 5 aromatic rings. The third kappa shape index (κ3) is 4.29. The van der Waals surface area contributed by atoms with Crippen molar-refractivity contribution in [2.24, 2.45) is 4.99 Å². The highest BCUT2D eigenvalue weighted by molar-refractivity contribution is 6.05. The van der Waals surface area contributed by atoms with Gasteiger partial charge in [0, 0.05) is 16.5 Å². The summed E-state index contributed by atoms with van der Waals surface area (Å²) in [7, 11) is 1.62. The summed E-state index contributed by atoms with van der Waals surface area (Å²) in [6.07, 6.45) is 0. The van der Waals surface area contributed by atoms with Gasteiger partial charge in [-0.3, -0.25) is 15.7 Å². The van der Waals surface area contributed by atoms with E-state index >= 15 is 0 Å². The normalized spacial score (nSPS) is 11.7. The zero-order valence-corrected chi connectivity index (χ0v) is 18.8. The molecule has 0 saturated carbocycles. The summed E-state index contributed by atoms with van der Waals surface area (Å²) in [6.45, 7) is 2.23. The third-order valence-corrected chi connectivity index (χ3v) is 5.50. The molecule has 5 rings (SSSR count). The van der Waals surface area contributed by atoms with Gasteiger partial charge in [0.2, 0.25) is 5.88 Å². The standard InChI is InChI=1S/C27H23N3O4/c1-17-7-13-22(26(30-31)28-16-18-8-10-19(32-2)11-9-18)27(29-17)33-20-12-14-25-23(15-20)21-5-3-4-6-24(21)34-25/h3-15,31H,16H2,1-2H3,(H,28,30). The van der Waals surface area contributed by atoms with Crippen LogP contribution in [0.1, 0.15) is 16.8 Å². The van der Waals surface area contributed by atoms with E-state index in [1.54, 1.807) is 7.11 Å². The van der Waals surface area contributed by atoms with Crippen molar-refractivity contribution in [3.63, 3.8) is 0 Å². The van der Waals surface area contributed by atoms with Crippen LogP contribution < -0.4 is 15.0 Å². The molecule has 0 saturated heterocycles. The van der Waals surface area contributed by atoms with Gasteiger partial charge in [0.25, 0.3) is 0 Å². The van der Waals surface area contributed by atoms with Gasteiger partial charge in [0.15, 0.2) is 5.84 Å². The monoisotopic (exact) mass is 453 g/mol. The number of methoxy groups -OCH3 is 1. The molecule has 170 valence electrons. The number of rotatable bonds is 6. The molecule has 0 atom stereocenters. The van der Waals surface area contributed by atoms with Crippen molar-refractivity contribution in [3.05, 3.63) is 95.7 Å². The van der Waals surface area contributed by atoms with Gasteiger partial charge in [-0.1, -0.05) is 30.3 Å². The average molecular weight is 453 g/mol. The van der Waals surface area contributed by atoms with Gasteiger partial charge >= 0.3 is 0 Å². The Bertz CT molecular complexity index is 1490. The molecule has 7 nitrogen and oxygen atoms in total. The van der Waals surface area contributed by atoms with Gasteiger partial charge < -0.3 is 13.9 Å². The topological polar surface area (TPSA) is 89.1 Å². The summed E-state index contributed by atoms with van der Waals surface area (Å²) < 4.78 is 17.3. The van der Waals surface area contributed by atoms with Crippen LogP contribution in [0.2, 0.25) is 0 Å². The number of aromatic nitrogens is 1. The van der Waals surface area contributed by atoms with Crippen molar-refractivity contribution >= 4 is 27.8 Å². The van der Waals surface area contributed by atoms with Crippen LogP contribution >= 0.6 is 0 Å². The zero-order chi connectivity index (χ0) is 23.5. The van der Waals surface area contributed by atoms with Crippen LogP contribution in [0.25, 0.3) is 21.9 Å². The smallest absolute Gasteiger partial charge is 0.230 e. The maximum Gasteiger partial charge on any atom is 0.230 e. The molecule has 2 heterocycles. The van der Waals surface area contributed by atoms with Crippen molar-refractivity contribution in [2.45, 2.75) is 13.5 Å². The fourth-order valence-electron chi connectivity index (χ4n) is 3.75. The number of pyridine rings is 1. The maximum absolute atomic E-state index is 9.83. The van der Waals surface area contributed by atoms with Crippen LogP contribution in [-0.2, 0) is 6.54 Å². The number of hydroxylamine groups is 1. The summed E-state index contributed by atoms with van der Waals surface area (Å²) in [5, 5.41) is 11.8. The molecule has 3 aromatic carbocycles. The number of nitrogens with one attached hydrogen (secondary N) is 1. The first-order chi connectivity index (χ1) is 16.6. The van der Waals surface area contributed by atoms with E-state index in [9.17, 15) is 5.21 Å². The summed E-state index contributed by atoms with van der Waals surface area (Å²) in [4.78, 5) is 9.08. The predicted molar refractivity (Wildman–Crippen MR) is 131 cm³/mol. The quantitative estimate of drug-likeness (QED) is 0.186. The first-order valence-corrected chi connectivity index (χ1v) is 10.8. The average Bonchev–Trinajstić information content (AvgIpc) is 3.24. The minimum absolute atomic E-state index is 0.258. The van der Waals surface area contributed by atoms with Crippen LogP contribution in [0.5, 0.6) is 17.4 Å². The molecule has 0 fully saturated rings. The molecule has 0 aliphatic rings. The molecule has 7 heteroatoms. The molecule has 2 N–H and O–H groups in total. The Hall–Kier alpha value is -4.36. The third-order valence-electron chi connectivity index (χ3n) is 5.50. The van der Waals surface area contributed by atoms with Gasteiger partial charge in [-0.05, 0) is 61.0 Å². The lowest BCUT2D eigenvalue weighted by molar-refractivity contribution is 0.234. The molecule has 0 aliphatic carbocycles. The highest BCUT2D eigenvalue weighted by Gasteiger charge is 2.15. The highest BCUT2D eigenvalue weighted by Crippen LogP contribution is 2.33. The van der Waals surface area contributed by atoms with E-state index in [4.69, 9.17) is 13.9 Å². The van der Waals surface area contributed by atoms with Crippen molar-refractivity contribution in [1.82, 2.24) is 10.5 Å². The number of furan rings is 1. The fraction of sp³-hybridized carbons (Fsp3) is 0.111. The zero-order valence-electron chi connectivity index (χ0n) is 18.8. The Balaban J connectivity index is 1.47. The van der Waals surface area contributed by atoms with Crippen LogP contribution in [-0.4, -0.2) is 23.1 Å². The van der Waals surface area contributed by atoms with E-state index < -0.39 is 0 Å². The van der Waals surface area contributed by atoms with Crippen molar-refractivity contribution in [1.29, 1.82) is 0 Å². The Morgan fingerprint density at radius 1 is 0.941 bits per heavy atom. The van der Waals surface area contributed by atoms with E-state index in [0.717, 1.165) is 38.9 Å². The van der Waals surface area contributed by atoms with Crippen LogP contribution in [0.3, 0.4) is 0 Å². The Labute approximate surface area is 196 Å². The first-order valence-electron chi connectivity index (χ1n) is 10.8. The summed E-state index contributed by atoms with van der Waals surface area (Å²) in [6, 6.07) is 24.8. The second kappa shape index (κ2) is 9.25. The molecule has 2 aromatic heterocycles. The number of hydrogen-bond donors (Lipinski definition) is 2. The highest BCUT2D eigenvalue weighted by atomic mass is 16.5. The number of amidine groups is 1. The SMILES string of the molecule is COc1ccc(CN=C(NO)c2ccc(C)nc2Oc2ccc3oc4ccccc4c3c2)cc1. The summed E-state index contributed by atoms with van der Waals surface area (Å²) >= 11 is 0. The largest absolute Gasteiger partial charge is 0.497 e. The summed E-state index contributed by atoms with van der Waals surface area (Å²) in [5.74, 6) is 1.97. The first kappa shape index (κ1) is 21.5. The number of para-hydroxylation sites is 1. The Morgan fingerprint density at radius 2 is 1.71 bits per heavy atom. The number of hydrogen-bond acceptors (Lipinski definition) is 6. The molecule has 34 heavy (non-hydrogen) atoms. The van der Waals surface area contributed by atoms with Crippen molar-refractivity contribution in [3.8, 4) is 17.4 Å². The Morgan fingerprint density at radius 3 is 2.50 bits per heavy atom. The molecule has 0 amide bonds. The Kier molecular flexibility index (Phi) is 5.84. The number of benzene rings is 3. The van der Waals surface area contributed by atoms with E-state index in [1.165, 1.54) is 0 Å². The van der Waals surface area contributed by atoms with Crippen molar-refractivity contribution < 1.29 is 19.1 Å². The number of nitrogens with zero attached hydrogens (tertiary/aromatic N) is 2. The van der Waals surface area contributed by atoms with Crippen LogP contribution in [0.4, 0.5) is 0 Å². The molecular weight excluding hydrogens is 430 g/mol. The van der Waals surface area contributed by atoms with Gasteiger partial charge in [0.05, 0.1) is 19.2 Å². The fourth-order valence-corrected chi connectivity index (χ4v) is 3.75. The number of ether oxygens (including phenoxy) is 2. The van der Waals surface area contributed by atoms with Gasteiger partial charge in [-0.15, -0.1) is 0 Å². The minimum atomic E-state index is 0.258. The lowest BCUT2D eigenvalue weighted by Gasteiger charge is -2.12. The molecular formula is C27H23N3O4. The van der Waals surface area contributed by atoms with Gasteiger partial charge in [-0.2, -0.15) is 0 Å².